The van der Waals surface area contributed by atoms with Crippen LogP contribution in [0.1, 0.15) is 0 Å². The quantitative estimate of drug-likeness (QED) is 0.179. The number of hydrogen-bond donors (Lipinski definition) is 1. The van der Waals surface area contributed by atoms with Gasteiger partial charge >= 0.3 is 111 Å². The van der Waals surface area contributed by atoms with E-state index in [1.165, 1.54) is 0 Å². The van der Waals surface area contributed by atoms with Crippen molar-refractivity contribution < 1.29 is 31.2 Å². The van der Waals surface area contributed by atoms with Crippen LogP contribution in [0.15, 0.2) is 32.7 Å². The molecule has 94 valence electrons. The summed E-state index contributed by atoms with van der Waals surface area (Å²) in [6.07, 6.45) is 0. The van der Waals surface area contributed by atoms with Crippen LogP contribution >= 0.6 is 0 Å². The van der Waals surface area contributed by atoms with E-state index in [-0.39, 0.29) is 4.81 Å². The van der Waals surface area contributed by atoms with E-state index in [1.54, 1.807) is 7.05 Å². The van der Waals surface area contributed by atoms with Gasteiger partial charge in [0, 0.05) is 0 Å². The van der Waals surface area contributed by atoms with Gasteiger partial charge in [-0.05, 0) is 0 Å². The summed E-state index contributed by atoms with van der Waals surface area (Å²) >= 11 is -0.422. The molecule has 1 aromatic rings. The van der Waals surface area contributed by atoms with Crippen molar-refractivity contribution in [1.82, 2.24) is 4.81 Å². The van der Waals surface area contributed by atoms with Crippen molar-refractivity contribution in [2.45, 2.75) is 0 Å². The molecule has 0 radical (unpaired) electrons. The predicted octanol–water partition coefficient (Wildman–Crippen LogP) is -1.50. The van der Waals surface area contributed by atoms with E-state index in [0.717, 1.165) is 11.4 Å². The minimum absolute atomic E-state index is 0.0899. The zero-order chi connectivity index (χ0) is 12.1. The Morgan fingerprint density at radius 2 is 1.94 bits per heavy atom. The molecule has 0 saturated carbocycles. The fourth-order valence-corrected chi connectivity index (χ4v) is 3.17. The number of rotatable bonds is 4. The number of anilines is 1. The third-order valence-electron chi connectivity index (χ3n) is 2.31. The average Bonchev–Trinajstić information content (AvgIpc) is 2.80. The second-order valence-corrected chi connectivity index (χ2v) is 5.24. The molecule has 1 saturated heterocycles. The second-order valence-electron chi connectivity index (χ2n) is 3.45. The number of hydrogen-bond acceptors (Lipinski definition) is 5. The van der Waals surface area contributed by atoms with Crippen molar-refractivity contribution in [3.8, 4) is 0 Å². The molecular formula is C10H15IN4O2. The van der Waals surface area contributed by atoms with E-state index < -0.39 is 21.5 Å². The summed E-state index contributed by atoms with van der Waals surface area (Å²) in [5, 5.41) is 3.77. The van der Waals surface area contributed by atoms with Crippen molar-refractivity contribution in [3.63, 3.8) is 0 Å². The summed E-state index contributed by atoms with van der Waals surface area (Å²) < 4.78 is 4.77. The number of nitrogens with zero attached hydrogens (tertiary/aromatic N) is 3. The molecule has 1 aromatic carbocycles. The van der Waals surface area contributed by atoms with Gasteiger partial charge in [-0.25, -0.2) is 0 Å². The van der Waals surface area contributed by atoms with Crippen LogP contribution in [0.3, 0.4) is 0 Å². The molecule has 2 rings (SSSR count). The molecule has 0 bridgehead atoms. The van der Waals surface area contributed by atoms with Crippen molar-refractivity contribution >= 4 is 11.4 Å². The second kappa shape index (κ2) is 5.71. The van der Waals surface area contributed by atoms with Crippen LogP contribution < -0.4 is 32.0 Å². The van der Waals surface area contributed by atoms with Crippen molar-refractivity contribution in [2.75, 3.05) is 30.5 Å². The average molecular weight is 350 g/mol. The molecule has 2 N–H and O–H groups in total. The molecule has 0 aromatic heterocycles. The van der Waals surface area contributed by atoms with Crippen LogP contribution in [0.5, 0.6) is 0 Å². The molecule has 0 aliphatic carbocycles. The Morgan fingerprint density at radius 3 is 2.53 bits per heavy atom. The molecule has 0 amide bonds. The van der Waals surface area contributed by atoms with Crippen LogP contribution in [0.4, 0.5) is 11.4 Å². The first-order valence-corrected chi connectivity index (χ1v) is 7.67. The van der Waals surface area contributed by atoms with Gasteiger partial charge in [-0.2, -0.15) is 0 Å². The summed E-state index contributed by atoms with van der Waals surface area (Å²) in [7, 11) is 1.68. The molecule has 6 nitrogen and oxygen atoms in total. The number of halogens is 1. The fourth-order valence-electron chi connectivity index (χ4n) is 1.54. The van der Waals surface area contributed by atoms with Crippen molar-refractivity contribution in [1.29, 1.82) is 0 Å². The number of nitrogen functional groups attached to an aromatic ring is 1. The predicted molar refractivity (Wildman–Crippen MR) is 60.2 cm³/mol. The number of nitrogens with two attached hydrogens (primary N) is 1. The van der Waals surface area contributed by atoms with Gasteiger partial charge in [-0.15, -0.1) is 0 Å². The van der Waals surface area contributed by atoms with Gasteiger partial charge in [0.05, 0.1) is 0 Å². The third-order valence-corrected chi connectivity index (χ3v) is 4.25. The van der Waals surface area contributed by atoms with E-state index in [2.05, 4.69) is 8.44 Å². The maximum absolute atomic E-state index is 5.71. The van der Waals surface area contributed by atoms with Gasteiger partial charge in [-0.1, -0.05) is 0 Å². The molecule has 1 heterocycles. The van der Waals surface area contributed by atoms with Crippen LogP contribution in [0.2, 0.25) is 0 Å². The summed E-state index contributed by atoms with van der Waals surface area (Å²) in [5.74, 6) is 0. The van der Waals surface area contributed by atoms with Crippen molar-refractivity contribution in [3.05, 3.63) is 24.3 Å². The van der Waals surface area contributed by atoms with Gasteiger partial charge in [0.25, 0.3) is 0 Å². The number of quaternary nitrogens is 1. The Balaban J connectivity index is 2.18. The first-order valence-electron chi connectivity index (χ1n) is 5.18. The van der Waals surface area contributed by atoms with Crippen LogP contribution in [0.25, 0.3) is 0 Å². The van der Waals surface area contributed by atoms with Crippen LogP contribution in [-0.2, 0) is 9.68 Å². The zero-order valence-electron chi connectivity index (χ0n) is 9.54. The van der Waals surface area contributed by atoms with Gasteiger partial charge in [0.15, 0.2) is 0 Å². The zero-order valence-corrected chi connectivity index (χ0v) is 11.7. The van der Waals surface area contributed by atoms with E-state index in [0.29, 0.717) is 17.8 Å². The van der Waals surface area contributed by atoms with Crippen LogP contribution in [0, 0.1) is 0 Å². The number of hydroxylamine groups is 2. The fraction of sp³-hybridized carbons (Fsp3) is 0.400. The summed E-state index contributed by atoms with van der Waals surface area (Å²) in [5.41, 5.74) is 7.35. The summed E-state index contributed by atoms with van der Waals surface area (Å²) in [4.78, 5) is 11.5. The Labute approximate surface area is 111 Å². The Kier molecular flexibility index (Phi) is 4.26. The summed E-state index contributed by atoms with van der Waals surface area (Å²) in [6.45, 7) is 1.19. The molecule has 17 heavy (non-hydrogen) atoms. The monoisotopic (exact) mass is 350 g/mol. The molecule has 0 atom stereocenters. The first-order chi connectivity index (χ1) is 8.27. The normalized spacial score (nSPS) is 19.1. The Hall–Kier alpha value is -0.770. The van der Waals surface area contributed by atoms with Gasteiger partial charge in [0.1, 0.15) is 0 Å². The molecule has 1 aliphatic heterocycles. The molecule has 1 aliphatic rings. The topological polar surface area (TPSA) is 69.2 Å². The SMILES string of the molecule is CN=N[I-]C[N+]1(c2ccc(N)cc2)OCCO1. The van der Waals surface area contributed by atoms with Gasteiger partial charge in [-0.3, -0.25) is 0 Å². The van der Waals surface area contributed by atoms with E-state index in [9.17, 15) is 0 Å². The van der Waals surface area contributed by atoms with E-state index in [4.69, 9.17) is 15.4 Å². The summed E-state index contributed by atoms with van der Waals surface area (Å²) in [6, 6.07) is 7.54. The van der Waals surface area contributed by atoms with E-state index in [1.807, 2.05) is 24.3 Å². The standard InChI is InChI=1S/C10H15IN4O2/c1-13-14-11-8-15(16-6-7-17-15)10-4-2-9(12)3-5-10/h2-5H,6-8,12H2,1H3. The minimum atomic E-state index is -0.422. The Morgan fingerprint density at radius 1 is 1.29 bits per heavy atom. The molecule has 7 heteroatoms. The third kappa shape index (κ3) is 2.92. The van der Waals surface area contributed by atoms with E-state index >= 15 is 0 Å². The Bertz CT molecular complexity index is 390. The number of alkyl halides is 1. The van der Waals surface area contributed by atoms with Gasteiger partial charge < -0.3 is 0 Å². The van der Waals surface area contributed by atoms with Gasteiger partial charge in [0.2, 0.25) is 0 Å². The molecule has 0 spiro atoms. The molecule has 0 unspecified atom stereocenters. The first kappa shape index (κ1) is 12.7. The number of benzene rings is 1. The van der Waals surface area contributed by atoms with Crippen LogP contribution in [-0.4, -0.2) is 24.8 Å². The van der Waals surface area contributed by atoms with Crippen molar-refractivity contribution in [2.24, 2.45) is 8.44 Å². The maximum atomic E-state index is 5.71. The molecular weight excluding hydrogens is 335 g/mol. The molecule has 1 fully saturated rings.